The first-order chi connectivity index (χ1) is 22.8. The van der Waals surface area contributed by atoms with Crippen LogP contribution in [0.25, 0.3) is 43.6 Å². The highest BCUT2D eigenvalue weighted by Crippen LogP contribution is 2.23. The fraction of sp³-hybridized carbons (Fsp3) is 0.316. The first-order valence-corrected chi connectivity index (χ1v) is 16.8. The minimum Gasteiger partial charge on any atom is -1.00 e. The highest BCUT2D eigenvalue weighted by Gasteiger charge is 2.07. The van der Waals surface area contributed by atoms with E-state index in [0.29, 0.717) is 0 Å². The van der Waals surface area contributed by atoms with Crippen molar-refractivity contribution in [1.29, 1.82) is 0 Å². The fourth-order valence-corrected chi connectivity index (χ4v) is 6.33. The van der Waals surface area contributed by atoms with Gasteiger partial charge in [0, 0.05) is 43.8 Å². The van der Waals surface area contributed by atoms with Crippen molar-refractivity contribution in [2.24, 2.45) is 0 Å². The number of ether oxygens (including phenoxy) is 2. The molecule has 0 fully saturated rings. The predicted molar refractivity (Wildman–Crippen MR) is 182 cm³/mol. The monoisotopic (exact) mass is 758 g/mol. The molecule has 1 aliphatic rings. The van der Waals surface area contributed by atoms with Gasteiger partial charge in [-0.15, -0.1) is 0 Å². The second-order valence-electron chi connectivity index (χ2n) is 12.4. The molecule has 7 rings (SSSR count). The lowest BCUT2D eigenvalue weighted by molar-refractivity contribution is -0.678. The fourth-order valence-electron chi connectivity index (χ4n) is 6.33. The number of hydrogen-bond donors (Lipinski definition) is 4. The predicted octanol–water partition coefficient (Wildman–Crippen LogP) is -10.9. The van der Waals surface area contributed by atoms with Crippen LogP contribution in [0.3, 0.4) is 0 Å². The minimum atomic E-state index is 0. The summed E-state index contributed by atoms with van der Waals surface area (Å²) in [6.45, 7) is 10.6. The molecule has 2 aromatic heterocycles. The number of nitrogens with two attached hydrogens (primary N) is 4. The van der Waals surface area contributed by atoms with Crippen molar-refractivity contribution in [2.45, 2.75) is 26.2 Å². The highest BCUT2D eigenvalue weighted by atomic mass is 35.5. The lowest BCUT2D eigenvalue weighted by Gasteiger charge is -2.08. The summed E-state index contributed by atoms with van der Waals surface area (Å²) >= 11 is 0. The molecule has 0 atom stereocenters. The number of benzene rings is 4. The number of hydrogen-bond acceptors (Lipinski definition) is 4. The van der Waals surface area contributed by atoms with E-state index in [9.17, 15) is 0 Å². The van der Waals surface area contributed by atoms with Crippen LogP contribution < -0.4 is 70.9 Å². The molecule has 0 saturated carbocycles. The normalized spacial score (nSPS) is 15.5. The van der Waals surface area contributed by atoms with Crippen molar-refractivity contribution in [3.63, 3.8) is 0 Å². The van der Waals surface area contributed by atoms with Gasteiger partial charge in [0.05, 0.1) is 74.7 Å². The Morgan fingerprint density at radius 1 is 0.360 bits per heavy atom. The summed E-state index contributed by atoms with van der Waals surface area (Å²) in [6.07, 6.45) is 0. The summed E-state index contributed by atoms with van der Waals surface area (Å²) in [5.74, 6) is 0. The molecule has 4 aromatic carbocycles. The van der Waals surface area contributed by atoms with Crippen LogP contribution in [0, 0.1) is 0 Å². The number of pyridine rings is 2. The molecule has 268 valence electrons. The van der Waals surface area contributed by atoms with Crippen molar-refractivity contribution in [3.05, 3.63) is 107 Å². The van der Waals surface area contributed by atoms with Crippen LogP contribution in [0.5, 0.6) is 0 Å². The third kappa shape index (κ3) is 11.1. The smallest absolute Gasteiger partial charge is 0.101 e. The van der Waals surface area contributed by atoms with E-state index >= 15 is 0 Å². The quantitative estimate of drug-likeness (QED) is 0.116. The number of quaternary nitrogens is 4. The molecule has 8 nitrogen and oxygen atoms in total. The second kappa shape index (κ2) is 20.9. The minimum absolute atomic E-state index is 0. The number of aromatic nitrogens is 2. The molecule has 0 spiro atoms. The van der Waals surface area contributed by atoms with Crippen molar-refractivity contribution in [1.82, 2.24) is 9.97 Å². The SMILES string of the molecule is [Cl-].[Cl-].[Cl-].[Cl-].c1cc2nc3ccc4cc3cc2cc1C[NH2+]CCOCC[NH2+]Cc1ccc2nc3ccc(cc3cc2c1)C[NH2+]CCOCC[NH2+]C4. The molecular formula is C38H46Cl4N6O2. The van der Waals surface area contributed by atoms with Crippen molar-refractivity contribution >= 4 is 43.6 Å². The molecule has 8 N–H and O–H groups in total. The van der Waals surface area contributed by atoms with Crippen LogP contribution in [0.15, 0.2) is 84.9 Å². The standard InChI is InChI=1S/C38H42N6O2.4ClH/c1-5-35-31-17-27(1)23-39-9-13-45-14-10-40-25-29-3-7-37-33(19-29)22-34-20-30(4-8-38(34)44-37)26-42-12-16-46-15-11-41-24-28-2-6-36(43-35)32(18-28)21-31;;;;/h1-8,17-22,39-42H,9-16,23-26H2;4*1H. The first kappa shape index (κ1) is 41.6. The van der Waals surface area contributed by atoms with Crippen LogP contribution in [-0.4, -0.2) is 62.6 Å². The van der Waals surface area contributed by atoms with Gasteiger partial charge in [-0.2, -0.15) is 0 Å². The molecule has 0 radical (unpaired) electrons. The summed E-state index contributed by atoms with van der Waals surface area (Å²) < 4.78 is 11.9. The van der Waals surface area contributed by atoms with Crippen LogP contribution in [0.4, 0.5) is 0 Å². The van der Waals surface area contributed by atoms with Crippen LogP contribution >= 0.6 is 0 Å². The molecule has 0 saturated heterocycles. The molecular weight excluding hydrogens is 714 g/mol. The van der Waals surface area contributed by atoms with Gasteiger partial charge in [-0.1, -0.05) is 24.3 Å². The lowest BCUT2D eigenvalue weighted by Crippen LogP contribution is -3.00. The molecule has 1 aliphatic heterocycles. The Hall–Kier alpha value is -2.86. The summed E-state index contributed by atoms with van der Waals surface area (Å²) in [5, 5.41) is 14.1. The van der Waals surface area contributed by atoms with Gasteiger partial charge in [0.2, 0.25) is 0 Å². The largest absolute Gasteiger partial charge is 1.00 e. The molecule has 0 amide bonds. The summed E-state index contributed by atoms with van der Waals surface area (Å²) in [7, 11) is 0. The maximum Gasteiger partial charge on any atom is 0.101 e. The molecule has 8 bridgehead atoms. The van der Waals surface area contributed by atoms with Gasteiger partial charge < -0.3 is 80.4 Å². The number of rotatable bonds is 0. The molecule has 50 heavy (non-hydrogen) atoms. The average molecular weight is 761 g/mol. The van der Waals surface area contributed by atoms with Crippen LogP contribution in [0.2, 0.25) is 0 Å². The van der Waals surface area contributed by atoms with E-state index in [0.717, 1.165) is 101 Å². The Morgan fingerprint density at radius 2 is 0.620 bits per heavy atom. The molecule has 3 heterocycles. The summed E-state index contributed by atoms with van der Waals surface area (Å²) in [5.41, 5.74) is 9.45. The van der Waals surface area contributed by atoms with E-state index in [4.69, 9.17) is 19.4 Å². The Kier molecular flexibility index (Phi) is 17.3. The van der Waals surface area contributed by atoms with E-state index in [2.05, 4.69) is 106 Å². The van der Waals surface area contributed by atoms with Gasteiger partial charge in [0.1, 0.15) is 26.2 Å². The van der Waals surface area contributed by atoms with E-state index in [-0.39, 0.29) is 49.6 Å². The zero-order valence-corrected chi connectivity index (χ0v) is 31.1. The number of nitrogens with zero attached hydrogens (tertiary/aromatic N) is 2. The van der Waals surface area contributed by atoms with Gasteiger partial charge in [0.15, 0.2) is 0 Å². The Labute approximate surface area is 318 Å². The van der Waals surface area contributed by atoms with Crippen molar-refractivity contribution < 1.29 is 80.4 Å². The van der Waals surface area contributed by atoms with Crippen molar-refractivity contribution in [3.8, 4) is 0 Å². The summed E-state index contributed by atoms with van der Waals surface area (Å²) in [6, 6.07) is 31.1. The topological polar surface area (TPSA) is 111 Å². The Morgan fingerprint density at radius 3 is 0.880 bits per heavy atom. The first-order valence-electron chi connectivity index (χ1n) is 16.8. The number of fused-ring (bicyclic) bond motifs is 4. The Balaban J connectivity index is 0.00000169. The van der Waals surface area contributed by atoms with Crippen molar-refractivity contribution in [2.75, 3.05) is 52.6 Å². The zero-order valence-electron chi connectivity index (χ0n) is 28.1. The molecule has 6 aromatic rings. The van der Waals surface area contributed by atoms with Gasteiger partial charge in [-0.05, 0) is 60.7 Å². The average Bonchev–Trinajstić information content (AvgIpc) is 3.07. The third-order valence-corrected chi connectivity index (χ3v) is 8.86. The van der Waals surface area contributed by atoms with Gasteiger partial charge in [-0.3, -0.25) is 0 Å². The summed E-state index contributed by atoms with van der Waals surface area (Å²) in [4.78, 5) is 9.86. The number of halogens is 4. The maximum absolute atomic E-state index is 5.94. The highest BCUT2D eigenvalue weighted by molar-refractivity contribution is 5.94. The second-order valence-corrected chi connectivity index (χ2v) is 12.4. The van der Waals surface area contributed by atoms with Crippen LogP contribution in [-0.2, 0) is 35.7 Å². The third-order valence-electron chi connectivity index (χ3n) is 8.86. The lowest BCUT2D eigenvalue weighted by atomic mass is 10.1. The van der Waals surface area contributed by atoms with E-state index in [1.807, 2.05) is 0 Å². The van der Waals surface area contributed by atoms with E-state index < -0.39 is 0 Å². The molecule has 0 aliphatic carbocycles. The van der Waals surface area contributed by atoms with Gasteiger partial charge in [0.25, 0.3) is 0 Å². The Bertz CT molecular complexity index is 1690. The van der Waals surface area contributed by atoms with E-state index in [1.165, 1.54) is 43.8 Å². The van der Waals surface area contributed by atoms with Gasteiger partial charge in [-0.25, -0.2) is 9.97 Å². The zero-order chi connectivity index (χ0) is 31.0. The van der Waals surface area contributed by atoms with E-state index in [1.54, 1.807) is 0 Å². The molecule has 0 unspecified atom stereocenters. The molecule has 12 heteroatoms. The maximum atomic E-state index is 5.94. The van der Waals surface area contributed by atoms with Crippen LogP contribution in [0.1, 0.15) is 22.3 Å². The van der Waals surface area contributed by atoms with Gasteiger partial charge >= 0.3 is 0 Å².